The third-order valence-electron chi connectivity index (χ3n) is 4.44. The summed E-state index contributed by atoms with van der Waals surface area (Å²) in [5.41, 5.74) is 2.01. The van der Waals surface area contributed by atoms with Crippen molar-refractivity contribution in [1.29, 1.82) is 0 Å². The van der Waals surface area contributed by atoms with E-state index in [1.165, 1.54) is 12.1 Å². The standard InChI is InChI=1S/C22H16Cl2O4/c1-11-3-5-13(17(23)9-11)14-7-8-16(21(25)26)19(20(14)22(27)28)15-6-4-12(2)10-18(15)24/h3-10H,1-2H3,(H,25,26)(H,27,28)/p-2. The van der Waals surface area contributed by atoms with Gasteiger partial charge in [-0.05, 0) is 42.7 Å². The number of rotatable bonds is 4. The molecule has 0 amide bonds. The van der Waals surface area contributed by atoms with Gasteiger partial charge in [0.15, 0.2) is 0 Å². The zero-order valence-electron chi connectivity index (χ0n) is 15.0. The molecule has 0 radical (unpaired) electrons. The van der Waals surface area contributed by atoms with Crippen molar-refractivity contribution >= 4 is 35.1 Å². The summed E-state index contributed by atoms with van der Waals surface area (Å²) in [6.45, 7) is 3.67. The van der Waals surface area contributed by atoms with Crippen LogP contribution in [0, 0.1) is 13.8 Å². The fourth-order valence-corrected chi connectivity index (χ4v) is 3.82. The largest absolute Gasteiger partial charge is 0.545 e. The first-order valence-electron chi connectivity index (χ1n) is 8.33. The van der Waals surface area contributed by atoms with Crippen LogP contribution in [-0.4, -0.2) is 11.9 Å². The molecular weight excluding hydrogens is 399 g/mol. The minimum Gasteiger partial charge on any atom is -0.545 e. The Morgan fingerprint density at radius 1 is 0.714 bits per heavy atom. The molecule has 0 aromatic heterocycles. The molecule has 0 aliphatic heterocycles. The van der Waals surface area contributed by atoms with E-state index < -0.39 is 11.9 Å². The molecule has 0 atom stereocenters. The lowest BCUT2D eigenvalue weighted by atomic mass is 9.87. The van der Waals surface area contributed by atoms with Gasteiger partial charge in [-0.25, -0.2) is 0 Å². The lowest BCUT2D eigenvalue weighted by Crippen LogP contribution is -2.28. The molecule has 4 nitrogen and oxygen atoms in total. The lowest BCUT2D eigenvalue weighted by molar-refractivity contribution is -0.255. The molecule has 0 aliphatic carbocycles. The molecule has 0 heterocycles. The summed E-state index contributed by atoms with van der Waals surface area (Å²) in [5, 5.41) is 24.4. The van der Waals surface area contributed by atoms with E-state index in [0.29, 0.717) is 10.6 Å². The van der Waals surface area contributed by atoms with Gasteiger partial charge in [-0.3, -0.25) is 0 Å². The maximum atomic E-state index is 12.1. The van der Waals surface area contributed by atoms with Crippen LogP contribution in [0.25, 0.3) is 22.3 Å². The van der Waals surface area contributed by atoms with Gasteiger partial charge in [0.05, 0.1) is 11.9 Å². The van der Waals surface area contributed by atoms with Crippen LogP contribution in [0.2, 0.25) is 10.0 Å². The molecule has 142 valence electrons. The molecular formula is C22H14Cl2O4-2. The van der Waals surface area contributed by atoms with Crippen LogP contribution >= 0.6 is 23.2 Å². The molecule has 3 aromatic rings. The Bertz CT molecular complexity index is 1120. The van der Waals surface area contributed by atoms with E-state index in [0.717, 1.165) is 11.1 Å². The fraction of sp³-hybridized carbons (Fsp3) is 0.0909. The second-order valence-electron chi connectivity index (χ2n) is 6.45. The van der Waals surface area contributed by atoms with Crippen molar-refractivity contribution in [2.75, 3.05) is 0 Å². The van der Waals surface area contributed by atoms with Gasteiger partial charge in [-0.1, -0.05) is 59.6 Å². The highest BCUT2D eigenvalue weighted by Gasteiger charge is 2.21. The van der Waals surface area contributed by atoms with Crippen LogP contribution in [0.5, 0.6) is 0 Å². The van der Waals surface area contributed by atoms with Gasteiger partial charge in [0.1, 0.15) is 0 Å². The van der Waals surface area contributed by atoms with E-state index in [-0.39, 0.29) is 32.8 Å². The first-order chi connectivity index (χ1) is 13.2. The molecule has 0 spiro atoms. The van der Waals surface area contributed by atoms with Crippen LogP contribution in [-0.2, 0) is 0 Å². The van der Waals surface area contributed by atoms with E-state index in [1.807, 2.05) is 13.8 Å². The quantitative estimate of drug-likeness (QED) is 0.654. The monoisotopic (exact) mass is 412 g/mol. The Labute approximate surface area is 172 Å². The molecule has 0 aliphatic rings. The first-order valence-corrected chi connectivity index (χ1v) is 9.09. The predicted octanol–water partition coefficient (Wildman–Crippen LogP) is 3.67. The van der Waals surface area contributed by atoms with E-state index in [9.17, 15) is 19.8 Å². The number of carbonyl (C=O) groups is 2. The molecule has 28 heavy (non-hydrogen) atoms. The Kier molecular flexibility index (Phi) is 5.45. The number of hydrogen-bond acceptors (Lipinski definition) is 4. The van der Waals surface area contributed by atoms with Crippen LogP contribution in [0.3, 0.4) is 0 Å². The summed E-state index contributed by atoms with van der Waals surface area (Å²) < 4.78 is 0. The highest BCUT2D eigenvalue weighted by atomic mass is 35.5. The fourth-order valence-electron chi connectivity index (χ4n) is 3.15. The number of carboxylic acid groups (broad SMARTS) is 2. The van der Waals surface area contributed by atoms with E-state index in [4.69, 9.17) is 23.2 Å². The van der Waals surface area contributed by atoms with Crippen LogP contribution in [0.15, 0.2) is 48.5 Å². The van der Waals surface area contributed by atoms with Crippen molar-refractivity contribution < 1.29 is 19.8 Å². The maximum Gasteiger partial charge on any atom is 0.0728 e. The highest BCUT2D eigenvalue weighted by molar-refractivity contribution is 6.35. The van der Waals surface area contributed by atoms with Crippen molar-refractivity contribution in [3.05, 3.63) is 80.8 Å². The van der Waals surface area contributed by atoms with Crippen molar-refractivity contribution in [2.24, 2.45) is 0 Å². The average Bonchev–Trinajstić information content (AvgIpc) is 2.60. The number of carbonyl (C=O) groups excluding carboxylic acids is 2. The van der Waals surface area contributed by atoms with Crippen molar-refractivity contribution in [2.45, 2.75) is 13.8 Å². The molecule has 3 rings (SSSR count). The van der Waals surface area contributed by atoms with Gasteiger partial charge in [-0.15, -0.1) is 0 Å². The Morgan fingerprint density at radius 2 is 1.21 bits per heavy atom. The zero-order chi connectivity index (χ0) is 20.6. The molecule has 0 unspecified atom stereocenters. The number of hydrogen-bond donors (Lipinski definition) is 0. The van der Waals surface area contributed by atoms with Gasteiger partial charge in [0.25, 0.3) is 0 Å². The molecule has 0 N–H and O–H groups in total. The summed E-state index contributed by atoms with van der Waals surface area (Å²) in [7, 11) is 0. The SMILES string of the molecule is Cc1ccc(-c2ccc(C(=O)[O-])c(-c3ccc(C)cc3Cl)c2C(=O)[O-])c(Cl)c1. The Hall–Kier alpha value is -2.82. The third kappa shape index (κ3) is 3.61. The van der Waals surface area contributed by atoms with E-state index in [1.54, 1.807) is 36.4 Å². The number of halogens is 2. The Morgan fingerprint density at radius 3 is 1.68 bits per heavy atom. The smallest absolute Gasteiger partial charge is 0.0728 e. The molecule has 0 bridgehead atoms. The number of benzene rings is 3. The van der Waals surface area contributed by atoms with E-state index in [2.05, 4.69) is 0 Å². The minimum absolute atomic E-state index is 0.0702. The summed E-state index contributed by atoms with van der Waals surface area (Å²) in [5.74, 6) is -3.06. The zero-order valence-corrected chi connectivity index (χ0v) is 16.5. The molecule has 3 aromatic carbocycles. The first kappa shape index (κ1) is 19.9. The topological polar surface area (TPSA) is 80.3 Å². The maximum absolute atomic E-state index is 12.1. The number of aromatic carboxylic acids is 2. The summed E-state index contributed by atoms with van der Waals surface area (Å²) in [4.78, 5) is 23.8. The van der Waals surface area contributed by atoms with Gasteiger partial charge < -0.3 is 19.8 Å². The van der Waals surface area contributed by atoms with E-state index >= 15 is 0 Å². The second-order valence-corrected chi connectivity index (χ2v) is 7.27. The molecule has 0 fully saturated rings. The number of aryl methyl sites for hydroxylation is 2. The normalized spacial score (nSPS) is 10.7. The van der Waals surface area contributed by atoms with Gasteiger partial charge in [0.2, 0.25) is 0 Å². The molecule has 6 heteroatoms. The van der Waals surface area contributed by atoms with Crippen LogP contribution < -0.4 is 10.2 Å². The Balaban J connectivity index is 2.45. The van der Waals surface area contributed by atoms with Gasteiger partial charge in [0, 0.05) is 37.9 Å². The van der Waals surface area contributed by atoms with Crippen LogP contribution in [0.1, 0.15) is 31.8 Å². The third-order valence-corrected chi connectivity index (χ3v) is 5.06. The van der Waals surface area contributed by atoms with Crippen molar-refractivity contribution in [3.63, 3.8) is 0 Å². The molecule has 0 saturated heterocycles. The van der Waals surface area contributed by atoms with Crippen molar-refractivity contribution in [1.82, 2.24) is 0 Å². The van der Waals surface area contributed by atoms with Gasteiger partial charge >= 0.3 is 0 Å². The average molecular weight is 413 g/mol. The highest BCUT2D eigenvalue weighted by Crippen LogP contribution is 2.40. The molecule has 0 saturated carbocycles. The van der Waals surface area contributed by atoms with Gasteiger partial charge in [-0.2, -0.15) is 0 Å². The number of carboxylic acids is 2. The second kappa shape index (κ2) is 7.66. The van der Waals surface area contributed by atoms with Crippen LogP contribution in [0.4, 0.5) is 0 Å². The predicted molar refractivity (Wildman–Crippen MR) is 105 cm³/mol. The minimum atomic E-state index is -1.54. The summed E-state index contributed by atoms with van der Waals surface area (Å²) in [6.07, 6.45) is 0. The summed E-state index contributed by atoms with van der Waals surface area (Å²) >= 11 is 12.6. The van der Waals surface area contributed by atoms with Crippen molar-refractivity contribution in [3.8, 4) is 22.3 Å². The lowest BCUT2D eigenvalue weighted by Gasteiger charge is -2.22. The summed E-state index contributed by atoms with van der Waals surface area (Å²) in [6, 6.07) is 12.8.